The lowest BCUT2D eigenvalue weighted by Crippen LogP contribution is -1.96. The van der Waals surface area contributed by atoms with E-state index < -0.39 is 5.97 Å². The van der Waals surface area contributed by atoms with Crippen LogP contribution in [0.15, 0.2) is 59.1 Å². The molecule has 6 nitrogen and oxygen atoms in total. The zero-order valence-corrected chi connectivity index (χ0v) is 13.6. The number of hydrogen-bond acceptors (Lipinski definition) is 5. The van der Waals surface area contributed by atoms with Crippen LogP contribution in [0.2, 0.25) is 0 Å². The third kappa shape index (κ3) is 4.91. The standard InChI is InChI=1S/C19H18N2O4/c22-18(23)8-4-7-17-20-19(21-25-17)15-9-11-16(12-10-15)24-13-14-5-2-1-3-6-14/h1-3,5-6,9-12H,4,7-8,13H2,(H,22,23). The second kappa shape index (κ2) is 8.10. The van der Waals surface area contributed by atoms with Crippen LogP contribution in [0, 0.1) is 0 Å². The molecule has 3 aromatic rings. The fourth-order valence-corrected chi connectivity index (χ4v) is 2.31. The van der Waals surface area contributed by atoms with E-state index in [0.717, 1.165) is 16.9 Å². The molecule has 1 N–H and O–H groups in total. The van der Waals surface area contributed by atoms with Crippen molar-refractivity contribution in [1.29, 1.82) is 0 Å². The van der Waals surface area contributed by atoms with Crippen molar-refractivity contribution in [2.24, 2.45) is 0 Å². The minimum Gasteiger partial charge on any atom is -0.489 e. The van der Waals surface area contributed by atoms with Crippen molar-refractivity contribution in [1.82, 2.24) is 10.1 Å². The molecule has 0 saturated heterocycles. The van der Waals surface area contributed by atoms with Gasteiger partial charge in [0.25, 0.3) is 0 Å². The summed E-state index contributed by atoms with van der Waals surface area (Å²) in [5, 5.41) is 12.6. The van der Waals surface area contributed by atoms with Crippen LogP contribution in [0.3, 0.4) is 0 Å². The van der Waals surface area contributed by atoms with Gasteiger partial charge in [0.05, 0.1) is 0 Å². The number of benzene rings is 2. The third-order valence-corrected chi connectivity index (χ3v) is 3.61. The Labute approximate surface area is 145 Å². The monoisotopic (exact) mass is 338 g/mol. The van der Waals surface area contributed by atoms with Crippen molar-refractivity contribution in [3.8, 4) is 17.1 Å². The first-order valence-electron chi connectivity index (χ1n) is 8.02. The van der Waals surface area contributed by atoms with Crippen molar-refractivity contribution >= 4 is 5.97 Å². The fourth-order valence-electron chi connectivity index (χ4n) is 2.31. The van der Waals surface area contributed by atoms with Crippen molar-refractivity contribution < 1.29 is 19.2 Å². The topological polar surface area (TPSA) is 85.5 Å². The Balaban J connectivity index is 1.57. The molecule has 128 valence electrons. The molecule has 25 heavy (non-hydrogen) atoms. The van der Waals surface area contributed by atoms with Crippen molar-refractivity contribution in [2.45, 2.75) is 25.9 Å². The number of hydrogen-bond donors (Lipinski definition) is 1. The number of ether oxygens (including phenoxy) is 1. The van der Waals surface area contributed by atoms with Crippen LogP contribution in [0.5, 0.6) is 5.75 Å². The summed E-state index contributed by atoms with van der Waals surface area (Å²) in [4.78, 5) is 14.8. The maximum absolute atomic E-state index is 10.5. The molecule has 0 aliphatic heterocycles. The molecule has 0 aliphatic carbocycles. The number of carboxylic acids is 1. The first-order chi connectivity index (χ1) is 12.2. The summed E-state index contributed by atoms with van der Waals surface area (Å²) < 4.78 is 10.9. The highest BCUT2D eigenvalue weighted by Crippen LogP contribution is 2.21. The smallest absolute Gasteiger partial charge is 0.303 e. The van der Waals surface area contributed by atoms with Gasteiger partial charge in [-0.2, -0.15) is 4.98 Å². The van der Waals surface area contributed by atoms with Gasteiger partial charge in [0.15, 0.2) is 0 Å². The second-order valence-corrected chi connectivity index (χ2v) is 5.56. The zero-order chi connectivity index (χ0) is 17.5. The van der Waals surface area contributed by atoms with E-state index >= 15 is 0 Å². The van der Waals surface area contributed by atoms with E-state index in [0.29, 0.717) is 31.2 Å². The number of rotatable bonds is 8. The molecule has 0 amide bonds. The summed E-state index contributed by atoms with van der Waals surface area (Å²) in [5.41, 5.74) is 1.93. The Kier molecular flexibility index (Phi) is 5.41. The predicted molar refractivity (Wildman–Crippen MR) is 91.1 cm³/mol. The van der Waals surface area contributed by atoms with Crippen LogP contribution in [0.25, 0.3) is 11.4 Å². The quantitative estimate of drug-likeness (QED) is 0.674. The Hall–Kier alpha value is -3.15. The molecule has 0 spiro atoms. The lowest BCUT2D eigenvalue weighted by Gasteiger charge is -2.06. The molecule has 0 aliphatic rings. The minimum atomic E-state index is -0.828. The highest BCUT2D eigenvalue weighted by atomic mass is 16.5. The Bertz CT molecular complexity index is 813. The largest absolute Gasteiger partial charge is 0.489 e. The molecule has 0 saturated carbocycles. The number of aromatic nitrogens is 2. The summed E-state index contributed by atoms with van der Waals surface area (Å²) in [6.07, 6.45) is 1.02. The van der Waals surface area contributed by atoms with Crippen LogP contribution in [-0.4, -0.2) is 21.2 Å². The van der Waals surface area contributed by atoms with Gasteiger partial charge in [-0.05, 0) is 36.2 Å². The highest BCUT2D eigenvalue weighted by molar-refractivity contribution is 5.66. The Morgan fingerprint density at radius 2 is 1.84 bits per heavy atom. The molecular formula is C19H18N2O4. The molecule has 3 rings (SSSR count). The maximum atomic E-state index is 10.5. The summed E-state index contributed by atoms with van der Waals surface area (Å²) in [6, 6.07) is 17.4. The Morgan fingerprint density at radius 1 is 1.08 bits per heavy atom. The number of aryl methyl sites for hydroxylation is 1. The molecular weight excluding hydrogens is 320 g/mol. The molecule has 1 heterocycles. The molecule has 0 radical (unpaired) electrons. The van der Waals surface area contributed by atoms with Crippen LogP contribution >= 0.6 is 0 Å². The van der Waals surface area contributed by atoms with E-state index in [9.17, 15) is 4.79 Å². The van der Waals surface area contributed by atoms with E-state index in [1.807, 2.05) is 54.6 Å². The minimum absolute atomic E-state index is 0.0885. The molecule has 6 heteroatoms. The normalized spacial score (nSPS) is 10.6. The molecule has 0 fully saturated rings. The highest BCUT2D eigenvalue weighted by Gasteiger charge is 2.09. The number of nitrogens with zero attached hydrogens (tertiary/aromatic N) is 2. The summed E-state index contributed by atoms with van der Waals surface area (Å²) >= 11 is 0. The average Bonchev–Trinajstić information content (AvgIpc) is 3.10. The van der Waals surface area contributed by atoms with Gasteiger partial charge in [-0.1, -0.05) is 35.5 Å². The van der Waals surface area contributed by atoms with Gasteiger partial charge in [0, 0.05) is 18.4 Å². The first-order valence-corrected chi connectivity index (χ1v) is 8.02. The first kappa shape index (κ1) is 16.7. The van der Waals surface area contributed by atoms with E-state index in [2.05, 4.69) is 10.1 Å². The Morgan fingerprint density at radius 3 is 2.56 bits per heavy atom. The lowest BCUT2D eigenvalue weighted by atomic mass is 10.2. The van der Waals surface area contributed by atoms with Gasteiger partial charge in [0.2, 0.25) is 11.7 Å². The third-order valence-electron chi connectivity index (χ3n) is 3.61. The predicted octanol–water partition coefficient (Wildman–Crippen LogP) is 3.72. The van der Waals surface area contributed by atoms with E-state index in [4.69, 9.17) is 14.4 Å². The fraction of sp³-hybridized carbons (Fsp3) is 0.211. The SMILES string of the molecule is O=C(O)CCCc1nc(-c2ccc(OCc3ccccc3)cc2)no1. The molecule has 0 bridgehead atoms. The van der Waals surface area contributed by atoms with Gasteiger partial charge in [-0.15, -0.1) is 0 Å². The summed E-state index contributed by atoms with van der Waals surface area (Å²) in [5.74, 6) is 0.865. The molecule has 2 aromatic carbocycles. The number of aliphatic carboxylic acids is 1. The number of carboxylic acid groups (broad SMARTS) is 1. The number of carbonyl (C=O) groups is 1. The average molecular weight is 338 g/mol. The summed E-state index contributed by atoms with van der Waals surface area (Å²) in [7, 11) is 0. The van der Waals surface area contributed by atoms with Crippen LogP contribution in [-0.2, 0) is 17.8 Å². The van der Waals surface area contributed by atoms with Gasteiger partial charge in [0.1, 0.15) is 12.4 Å². The molecule has 1 aromatic heterocycles. The van der Waals surface area contributed by atoms with Gasteiger partial charge >= 0.3 is 5.97 Å². The molecule has 0 atom stereocenters. The van der Waals surface area contributed by atoms with Crippen LogP contribution in [0.1, 0.15) is 24.3 Å². The van der Waals surface area contributed by atoms with Crippen molar-refractivity contribution in [3.05, 3.63) is 66.1 Å². The van der Waals surface area contributed by atoms with Crippen molar-refractivity contribution in [2.75, 3.05) is 0 Å². The van der Waals surface area contributed by atoms with Gasteiger partial charge < -0.3 is 14.4 Å². The summed E-state index contributed by atoms with van der Waals surface area (Å²) in [6.45, 7) is 0.510. The zero-order valence-electron chi connectivity index (χ0n) is 13.6. The molecule has 0 unspecified atom stereocenters. The lowest BCUT2D eigenvalue weighted by molar-refractivity contribution is -0.137. The maximum Gasteiger partial charge on any atom is 0.303 e. The second-order valence-electron chi connectivity index (χ2n) is 5.56. The van der Waals surface area contributed by atoms with Crippen LogP contribution < -0.4 is 4.74 Å². The van der Waals surface area contributed by atoms with Gasteiger partial charge in [-0.25, -0.2) is 0 Å². The van der Waals surface area contributed by atoms with Gasteiger partial charge in [-0.3, -0.25) is 4.79 Å². The van der Waals surface area contributed by atoms with Crippen LogP contribution in [0.4, 0.5) is 0 Å². The van der Waals surface area contributed by atoms with E-state index in [1.54, 1.807) is 0 Å². The van der Waals surface area contributed by atoms with E-state index in [1.165, 1.54) is 0 Å². The van der Waals surface area contributed by atoms with Crippen molar-refractivity contribution in [3.63, 3.8) is 0 Å². The van der Waals surface area contributed by atoms with E-state index in [-0.39, 0.29) is 6.42 Å².